The first-order valence-corrected chi connectivity index (χ1v) is 6.64. The number of carbonyl (C=O) groups is 2. The minimum absolute atomic E-state index is 0.0956. The van der Waals surface area contributed by atoms with Crippen molar-refractivity contribution in [3.8, 4) is 0 Å². The fraction of sp³-hybridized carbons (Fsp3) is 0.467. The third kappa shape index (κ3) is 3.34. The predicted octanol–water partition coefficient (Wildman–Crippen LogP) is 1.62. The quantitative estimate of drug-likeness (QED) is 0.829. The summed E-state index contributed by atoms with van der Waals surface area (Å²) in [5.74, 6) is 0.356. The third-order valence-corrected chi connectivity index (χ3v) is 3.57. The molecule has 19 heavy (non-hydrogen) atoms. The molecular formula is C15H20N2O2. The van der Waals surface area contributed by atoms with E-state index in [1.54, 1.807) is 4.90 Å². The Hall–Kier alpha value is -1.84. The van der Waals surface area contributed by atoms with Gasteiger partial charge in [-0.2, -0.15) is 0 Å². The van der Waals surface area contributed by atoms with Crippen LogP contribution in [0, 0.1) is 6.92 Å². The summed E-state index contributed by atoms with van der Waals surface area (Å²) in [5, 5.41) is 0. The summed E-state index contributed by atoms with van der Waals surface area (Å²) in [6.07, 6.45) is 1.000. The maximum absolute atomic E-state index is 12.2. The molecule has 1 aromatic rings. The number of anilines is 1. The summed E-state index contributed by atoms with van der Waals surface area (Å²) < 4.78 is 0. The molecule has 2 rings (SSSR count). The van der Waals surface area contributed by atoms with E-state index in [9.17, 15) is 9.59 Å². The predicted molar refractivity (Wildman–Crippen MR) is 75.3 cm³/mol. The molecule has 0 saturated carbocycles. The van der Waals surface area contributed by atoms with Gasteiger partial charge in [0.1, 0.15) is 5.78 Å². The Morgan fingerprint density at radius 2 is 1.89 bits per heavy atom. The molecule has 0 unspecified atom stereocenters. The molecule has 1 amide bonds. The summed E-state index contributed by atoms with van der Waals surface area (Å²) in [7, 11) is 1.93. The first-order valence-electron chi connectivity index (χ1n) is 6.64. The topological polar surface area (TPSA) is 40.6 Å². The van der Waals surface area contributed by atoms with E-state index in [-0.39, 0.29) is 11.7 Å². The van der Waals surface area contributed by atoms with Crippen molar-refractivity contribution in [3.63, 3.8) is 0 Å². The maximum atomic E-state index is 12.2. The molecule has 1 heterocycles. The Morgan fingerprint density at radius 3 is 2.53 bits per heavy atom. The van der Waals surface area contributed by atoms with E-state index in [0.717, 1.165) is 11.3 Å². The highest BCUT2D eigenvalue weighted by molar-refractivity contribution is 5.85. The van der Waals surface area contributed by atoms with Crippen molar-refractivity contribution in [2.24, 2.45) is 0 Å². The Morgan fingerprint density at radius 1 is 1.26 bits per heavy atom. The number of hydrogen-bond acceptors (Lipinski definition) is 3. The molecule has 1 aliphatic rings. The summed E-state index contributed by atoms with van der Waals surface area (Å²) >= 11 is 0. The van der Waals surface area contributed by atoms with Gasteiger partial charge in [-0.3, -0.25) is 9.59 Å². The van der Waals surface area contributed by atoms with Crippen LogP contribution in [0.25, 0.3) is 0 Å². The summed E-state index contributed by atoms with van der Waals surface area (Å²) in [6.45, 7) is 3.54. The molecule has 0 spiro atoms. The van der Waals surface area contributed by atoms with Gasteiger partial charge in [-0.25, -0.2) is 0 Å². The Bertz CT molecular complexity index is 475. The van der Waals surface area contributed by atoms with Crippen LogP contribution in [0.2, 0.25) is 0 Å². The van der Waals surface area contributed by atoms with Crippen LogP contribution >= 0.6 is 0 Å². The average molecular weight is 260 g/mol. The van der Waals surface area contributed by atoms with Crippen LogP contribution in [0.15, 0.2) is 24.3 Å². The first kappa shape index (κ1) is 13.6. The second-order valence-corrected chi connectivity index (χ2v) is 5.06. The molecule has 0 bridgehead atoms. The number of rotatable bonds is 3. The van der Waals surface area contributed by atoms with Crippen LogP contribution < -0.4 is 4.90 Å². The molecule has 0 aliphatic carbocycles. The van der Waals surface area contributed by atoms with Gasteiger partial charge in [0.25, 0.3) is 0 Å². The SMILES string of the molecule is Cc1ccccc1N(C)CC(=O)N1CCC(=O)CC1. The highest BCUT2D eigenvalue weighted by Gasteiger charge is 2.21. The van der Waals surface area contributed by atoms with E-state index in [1.807, 2.05) is 43.1 Å². The smallest absolute Gasteiger partial charge is 0.242 e. The molecule has 1 saturated heterocycles. The number of carbonyl (C=O) groups excluding carboxylic acids is 2. The molecule has 1 fully saturated rings. The summed E-state index contributed by atoms with van der Waals surface area (Å²) in [4.78, 5) is 27.1. The standard InChI is InChI=1S/C15H20N2O2/c1-12-5-3-4-6-14(12)16(2)11-15(19)17-9-7-13(18)8-10-17/h3-6H,7-11H2,1-2H3. The van der Waals surface area contributed by atoms with Crippen molar-refractivity contribution >= 4 is 17.4 Å². The molecule has 0 atom stereocenters. The zero-order valence-electron chi connectivity index (χ0n) is 11.6. The normalized spacial score (nSPS) is 15.5. The summed E-state index contributed by atoms with van der Waals surface area (Å²) in [6, 6.07) is 8.02. The van der Waals surface area contributed by atoms with Crippen LogP contribution in [0.1, 0.15) is 18.4 Å². The van der Waals surface area contributed by atoms with Crippen molar-refractivity contribution in [2.75, 3.05) is 31.6 Å². The van der Waals surface area contributed by atoms with Crippen molar-refractivity contribution in [1.29, 1.82) is 0 Å². The molecular weight excluding hydrogens is 240 g/mol. The largest absolute Gasteiger partial charge is 0.365 e. The Labute approximate surface area is 114 Å². The number of ketones is 1. The lowest BCUT2D eigenvalue weighted by molar-refractivity contribution is -0.133. The average Bonchev–Trinajstić information content (AvgIpc) is 2.39. The molecule has 102 valence electrons. The second-order valence-electron chi connectivity index (χ2n) is 5.06. The van der Waals surface area contributed by atoms with Crippen molar-refractivity contribution in [3.05, 3.63) is 29.8 Å². The highest BCUT2D eigenvalue weighted by Crippen LogP contribution is 2.18. The lowest BCUT2D eigenvalue weighted by Gasteiger charge is -2.29. The molecule has 4 nitrogen and oxygen atoms in total. The van der Waals surface area contributed by atoms with Gasteiger partial charge in [0.2, 0.25) is 5.91 Å². The van der Waals surface area contributed by atoms with Crippen molar-refractivity contribution in [1.82, 2.24) is 4.90 Å². The van der Waals surface area contributed by atoms with Crippen LogP contribution in [-0.4, -0.2) is 43.3 Å². The molecule has 1 aromatic carbocycles. The van der Waals surface area contributed by atoms with Gasteiger partial charge < -0.3 is 9.80 Å². The minimum Gasteiger partial charge on any atom is -0.365 e. The van der Waals surface area contributed by atoms with Gasteiger partial charge in [-0.05, 0) is 18.6 Å². The number of nitrogens with zero attached hydrogens (tertiary/aromatic N) is 2. The number of piperidine rings is 1. The zero-order chi connectivity index (χ0) is 13.8. The van der Waals surface area contributed by atoms with E-state index in [2.05, 4.69) is 0 Å². The molecule has 4 heteroatoms. The fourth-order valence-corrected chi connectivity index (χ4v) is 2.39. The van der Waals surface area contributed by atoms with E-state index in [1.165, 1.54) is 0 Å². The Kier molecular flexibility index (Phi) is 4.20. The lowest BCUT2D eigenvalue weighted by Crippen LogP contribution is -2.43. The fourth-order valence-electron chi connectivity index (χ4n) is 2.39. The van der Waals surface area contributed by atoms with E-state index >= 15 is 0 Å². The minimum atomic E-state index is 0.0956. The van der Waals surface area contributed by atoms with E-state index in [0.29, 0.717) is 32.5 Å². The molecule has 1 aliphatic heterocycles. The molecule has 0 radical (unpaired) electrons. The third-order valence-electron chi connectivity index (χ3n) is 3.57. The van der Waals surface area contributed by atoms with Gasteiger partial charge >= 0.3 is 0 Å². The van der Waals surface area contributed by atoms with Gasteiger partial charge in [0.15, 0.2) is 0 Å². The highest BCUT2D eigenvalue weighted by atomic mass is 16.2. The van der Waals surface area contributed by atoms with Crippen LogP contribution in [0.5, 0.6) is 0 Å². The number of Topliss-reactive ketones (excluding diaryl/α,β-unsaturated/α-hetero) is 1. The number of likely N-dealkylation sites (tertiary alicyclic amines) is 1. The molecule has 0 aromatic heterocycles. The van der Waals surface area contributed by atoms with Gasteiger partial charge in [-0.15, -0.1) is 0 Å². The first-order chi connectivity index (χ1) is 9.08. The number of aryl methyl sites for hydroxylation is 1. The van der Waals surface area contributed by atoms with Crippen LogP contribution in [0.3, 0.4) is 0 Å². The second kappa shape index (κ2) is 5.87. The van der Waals surface area contributed by atoms with Gasteiger partial charge in [-0.1, -0.05) is 18.2 Å². The van der Waals surface area contributed by atoms with Gasteiger partial charge in [0, 0.05) is 38.7 Å². The number of benzene rings is 1. The van der Waals surface area contributed by atoms with Crippen molar-refractivity contribution < 1.29 is 9.59 Å². The van der Waals surface area contributed by atoms with Crippen LogP contribution in [0.4, 0.5) is 5.69 Å². The number of hydrogen-bond donors (Lipinski definition) is 0. The zero-order valence-corrected chi connectivity index (χ0v) is 11.6. The van der Waals surface area contributed by atoms with Gasteiger partial charge in [0.05, 0.1) is 6.54 Å². The van der Waals surface area contributed by atoms with Crippen LogP contribution in [-0.2, 0) is 9.59 Å². The van der Waals surface area contributed by atoms with E-state index in [4.69, 9.17) is 0 Å². The monoisotopic (exact) mass is 260 g/mol. The number of likely N-dealkylation sites (N-methyl/N-ethyl adjacent to an activating group) is 1. The number of para-hydroxylation sites is 1. The Balaban J connectivity index is 1.95. The van der Waals surface area contributed by atoms with Crippen molar-refractivity contribution in [2.45, 2.75) is 19.8 Å². The maximum Gasteiger partial charge on any atom is 0.242 e. The summed E-state index contributed by atoms with van der Waals surface area (Å²) in [5.41, 5.74) is 2.23. The van der Waals surface area contributed by atoms with E-state index < -0.39 is 0 Å². The number of amides is 1. The molecule has 0 N–H and O–H groups in total. The lowest BCUT2D eigenvalue weighted by atomic mass is 10.1.